The van der Waals surface area contributed by atoms with Crippen molar-refractivity contribution in [2.75, 3.05) is 18.0 Å². The first-order valence-corrected chi connectivity index (χ1v) is 11.2. The topological polar surface area (TPSA) is 63.7 Å². The molecule has 1 aliphatic rings. The van der Waals surface area contributed by atoms with Crippen LogP contribution in [-0.4, -0.2) is 28.4 Å². The Kier molecular flexibility index (Phi) is 5.35. The van der Waals surface area contributed by atoms with Gasteiger partial charge in [-0.1, -0.05) is 48.0 Å². The van der Waals surface area contributed by atoms with Crippen molar-refractivity contribution in [3.63, 3.8) is 0 Å². The van der Waals surface area contributed by atoms with E-state index in [-0.39, 0.29) is 17.4 Å². The van der Waals surface area contributed by atoms with Crippen LogP contribution in [0.1, 0.15) is 33.0 Å². The highest BCUT2D eigenvalue weighted by Crippen LogP contribution is 2.47. The first-order chi connectivity index (χ1) is 14.5. The lowest BCUT2D eigenvalue weighted by atomic mass is 9.90. The Hall–Kier alpha value is -3.12. The molecule has 0 saturated carbocycles. The number of carbonyl (C=O) groups excluding carboxylic acids is 1. The summed E-state index contributed by atoms with van der Waals surface area (Å²) in [6.45, 7) is 2.17. The largest absolute Gasteiger partial charge is 0.495 e. The van der Waals surface area contributed by atoms with Gasteiger partial charge in [0.15, 0.2) is 0 Å². The van der Waals surface area contributed by atoms with Crippen molar-refractivity contribution >= 4 is 22.0 Å². The van der Waals surface area contributed by atoms with E-state index in [1.165, 1.54) is 11.4 Å². The molecule has 3 aromatic rings. The van der Waals surface area contributed by atoms with Crippen molar-refractivity contribution in [1.82, 2.24) is 0 Å². The fraction of sp³-hybridized carbons (Fsp3) is 0.208. The van der Waals surface area contributed by atoms with E-state index < -0.39 is 10.0 Å². The average Bonchev–Trinajstić information content (AvgIpc) is 3.14. The standard InChI is InChI=1S/C24H23NO4S/c1-17-8-11-21(12-9-17)30(27,28)25-15-20(14-18-6-4-3-5-7-18)23-19(16-26)10-13-22(29-2)24(23)25/h3-13,16,20H,14-15H2,1-2H3/t20-/m0/s1. The summed E-state index contributed by atoms with van der Waals surface area (Å²) in [7, 11) is -2.30. The Morgan fingerprint density at radius 3 is 2.37 bits per heavy atom. The quantitative estimate of drug-likeness (QED) is 0.555. The molecule has 3 aromatic carbocycles. The molecule has 6 heteroatoms. The molecule has 4 rings (SSSR count). The minimum absolute atomic E-state index is 0.155. The SMILES string of the molecule is COc1ccc(C=O)c2c1N(S(=O)(=O)c1ccc(C)cc1)C[C@@H]2Cc1ccccc1. The maximum atomic E-state index is 13.6. The summed E-state index contributed by atoms with van der Waals surface area (Å²) in [6.07, 6.45) is 1.42. The summed E-state index contributed by atoms with van der Waals surface area (Å²) in [5, 5.41) is 0. The van der Waals surface area contributed by atoms with Crippen LogP contribution in [0.15, 0.2) is 71.6 Å². The van der Waals surface area contributed by atoms with Crippen LogP contribution in [0, 0.1) is 6.92 Å². The van der Waals surface area contributed by atoms with Crippen LogP contribution in [0.4, 0.5) is 5.69 Å². The monoisotopic (exact) mass is 421 g/mol. The minimum Gasteiger partial charge on any atom is -0.495 e. The first-order valence-electron chi connectivity index (χ1n) is 9.75. The molecule has 0 amide bonds. The Morgan fingerprint density at radius 2 is 1.73 bits per heavy atom. The van der Waals surface area contributed by atoms with Crippen molar-refractivity contribution < 1.29 is 17.9 Å². The smallest absolute Gasteiger partial charge is 0.264 e. The fourth-order valence-corrected chi connectivity index (χ4v) is 5.60. The molecule has 0 saturated heterocycles. The minimum atomic E-state index is -3.81. The average molecular weight is 422 g/mol. The third-order valence-corrected chi connectivity index (χ3v) is 7.32. The summed E-state index contributed by atoms with van der Waals surface area (Å²) in [4.78, 5) is 12.0. The molecule has 0 aromatic heterocycles. The second-order valence-corrected chi connectivity index (χ2v) is 9.34. The van der Waals surface area contributed by atoms with Crippen LogP contribution < -0.4 is 9.04 Å². The highest BCUT2D eigenvalue weighted by molar-refractivity contribution is 7.92. The Bertz CT molecular complexity index is 1170. The van der Waals surface area contributed by atoms with Crippen LogP contribution in [0.3, 0.4) is 0 Å². The lowest BCUT2D eigenvalue weighted by Crippen LogP contribution is -2.30. The Morgan fingerprint density at radius 1 is 1.03 bits per heavy atom. The van der Waals surface area contributed by atoms with E-state index in [0.717, 1.165) is 23.0 Å². The molecule has 1 atom stereocenters. The van der Waals surface area contributed by atoms with Gasteiger partial charge in [-0.2, -0.15) is 0 Å². The molecule has 0 unspecified atom stereocenters. The van der Waals surface area contributed by atoms with E-state index in [1.807, 2.05) is 37.3 Å². The highest BCUT2D eigenvalue weighted by Gasteiger charge is 2.40. The molecule has 154 valence electrons. The van der Waals surface area contributed by atoms with E-state index in [2.05, 4.69) is 0 Å². The summed E-state index contributed by atoms with van der Waals surface area (Å²) < 4.78 is 34.0. The number of aldehydes is 1. The molecule has 5 nitrogen and oxygen atoms in total. The number of ether oxygens (including phenoxy) is 1. The number of nitrogens with zero attached hydrogens (tertiary/aromatic N) is 1. The van der Waals surface area contributed by atoms with Gasteiger partial charge in [-0.25, -0.2) is 8.42 Å². The van der Waals surface area contributed by atoms with Gasteiger partial charge in [0, 0.05) is 18.0 Å². The molecule has 0 N–H and O–H groups in total. The van der Waals surface area contributed by atoms with E-state index in [9.17, 15) is 13.2 Å². The zero-order chi connectivity index (χ0) is 21.3. The number of methoxy groups -OCH3 is 1. The van der Waals surface area contributed by atoms with Gasteiger partial charge in [0.1, 0.15) is 12.0 Å². The van der Waals surface area contributed by atoms with Crippen molar-refractivity contribution in [2.24, 2.45) is 0 Å². The van der Waals surface area contributed by atoms with Crippen LogP contribution >= 0.6 is 0 Å². The van der Waals surface area contributed by atoms with Crippen molar-refractivity contribution in [1.29, 1.82) is 0 Å². The number of sulfonamides is 1. The molecule has 1 aliphatic heterocycles. The predicted octanol–water partition coefficient (Wildman–Crippen LogP) is 4.35. The number of fused-ring (bicyclic) bond motifs is 1. The van der Waals surface area contributed by atoms with E-state index >= 15 is 0 Å². The fourth-order valence-electron chi connectivity index (χ4n) is 4.06. The molecular formula is C24H23NO4S. The molecule has 30 heavy (non-hydrogen) atoms. The molecule has 0 spiro atoms. The van der Waals surface area contributed by atoms with Gasteiger partial charge in [0.05, 0.1) is 17.7 Å². The molecule has 0 bridgehead atoms. The summed E-state index contributed by atoms with van der Waals surface area (Å²) in [5.41, 5.74) is 3.75. The normalized spacial score (nSPS) is 15.7. The molecule has 0 fully saturated rings. The number of hydrogen-bond donors (Lipinski definition) is 0. The Balaban J connectivity index is 1.86. The molecule has 0 aliphatic carbocycles. The second-order valence-electron chi connectivity index (χ2n) is 7.47. The van der Waals surface area contributed by atoms with Gasteiger partial charge < -0.3 is 4.74 Å². The zero-order valence-corrected chi connectivity index (χ0v) is 17.7. The maximum Gasteiger partial charge on any atom is 0.264 e. The number of rotatable bonds is 6. The van der Waals surface area contributed by atoms with Crippen molar-refractivity contribution in [3.8, 4) is 5.75 Å². The number of aryl methyl sites for hydroxylation is 1. The third kappa shape index (κ3) is 3.48. The van der Waals surface area contributed by atoms with Gasteiger partial charge in [-0.15, -0.1) is 0 Å². The van der Waals surface area contributed by atoms with E-state index in [1.54, 1.807) is 36.4 Å². The van der Waals surface area contributed by atoms with Crippen LogP contribution in [0.5, 0.6) is 5.75 Å². The van der Waals surface area contributed by atoms with Crippen molar-refractivity contribution in [3.05, 3.63) is 89.0 Å². The predicted molar refractivity (Wildman–Crippen MR) is 117 cm³/mol. The molecule has 1 heterocycles. The molecular weight excluding hydrogens is 398 g/mol. The van der Waals surface area contributed by atoms with Crippen LogP contribution in [-0.2, 0) is 16.4 Å². The summed E-state index contributed by atoms with van der Waals surface area (Å²) in [6, 6.07) is 20.0. The zero-order valence-electron chi connectivity index (χ0n) is 16.9. The molecule has 0 radical (unpaired) electrons. The van der Waals surface area contributed by atoms with E-state index in [0.29, 0.717) is 23.4 Å². The van der Waals surface area contributed by atoms with Gasteiger partial charge in [0.25, 0.3) is 10.0 Å². The van der Waals surface area contributed by atoms with Gasteiger partial charge in [-0.05, 0) is 48.7 Å². The van der Waals surface area contributed by atoms with Gasteiger partial charge in [0.2, 0.25) is 0 Å². The lowest BCUT2D eigenvalue weighted by Gasteiger charge is -2.22. The summed E-state index contributed by atoms with van der Waals surface area (Å²) in [5.74, 6) is 0.291. The van der Waals surface area contributed by atoms with Crippen molar-refractivity contribution in [2.45, 2.75) is 24.2 Å². The maximum absolute atomic E-state index is 13.6. The first kappa shape index (κ1) is 20.2. The summed E-state index contributed by atoms with van der Waals surface area (Å²) >= 11 is 0. The second kappa shape index (κ2) is 7.95. The number of anilines is 1. The number of carbonyl (C=O) groups is 1. The van der Waals surface area contributed by atoms with Crippen LogP contribution in [0.25, 0.3) is 0 Å². The van der Waals surface area contributed by atoms with Gasteiger partial charge >= 0.3 is 0 Å². The number of hydrogen-bond acceptors (Lipinski definition) is 4. The van der Waals surface area contributed by atoms with Gasteiger partial charge in [-0.3, -0.25) is 9.10 Å². The highest BCUT2D eigenvalue weighted by atomic mass is 32.2. The van der Waals surface area contributed by atoms with E-state index in [4.69, 9.17) is 4.74 Å². The Labute approximate surface area is 177 Å². The third-order valence-electron chi connectivity index (χ3n) is 5.54. The van der Waals surface area contributed by atoms with Crippen LogP contribution in [0.2, 0.25) is 0 Å². The lowest BCUT2D eigenvalue weighted by molar-refractivity contribution is 0.112. The number of benzene rings is 3.